The number of thiophene rings is 1. The van der Waals surface area contributed by atoms with E-state index in [9.17, 15) is 0 Å². The summed E-state index contributed by atoms with van der Waals surface area (Å²) in [4.78, 5) is 1.29. The van der Waals surface area contributed by atoms with E-state index in [1.165, 1.54) is 10.4 Å². The monoisotopic (exact) mass is 299 g/mol. The van der Waals surface area contributed by atoms with E-state index in [2.05, 4.69) is 30.6 Å². The average molecular weight is 300 g/mol. The molecule has 0 aliphatic heterocycles. The van der Waals surface area contributed by atoms with Gasteiger partial charge in [-0.2, -0.15) is 0 Å². The molecule has 0 aliphatic rings. The first-order chi connectivity index (χ1) is 8.63. The Morgan fingerprint density at radius 1 is 1.28 bits per heavy atom. The number of halogens is 2. The van der Waals surface area contributed by atoms with Crippen molar-refractivity contribution >= 4 is 34.5 Å². The summed E-state index contributed by atoms with van der Waals surface area (Å²) in [6, 6.07) is 7.87. The molecule has 0 saturated carbocycles. The molecule has 1 atom stereocenters. The standard InChI is InChI=1S/C14H15Cl2NS/c1-3-17-14(10-7-9(2)18-8-10)13-11(15)5-4-6-12(13)16/h4-8,14,17H,3H2,1-2H3. The molecule has 2 rings (SSSR count). The second kappa shape index (κ2) is 6.07. The van der Waals surface area contributed by atoms with Crippen molar-refractivity contribution < 1.29 is 0 Å². The zero-order chi connectivity index (χ0) is 13.1. The summed E-state index contributed by atoms with van der Waals surface area (Å²) in [5, 5.41) is 7.01. The van der Waals surface area contributed by atoms with Crippen molar-refractivity contribution in [3.63, 3.8) is 0 Å². The lowest BCUT2D eigenvalue weighted by Gasteiger charge is -2.20. The van der Waals surface area contributed by atoms with Crippen LogP contribution in [0.5, 0.6) is 0 Å². The van der Waals surface area contributed by atoms with Gasteiger partial charge in [0, 0.05) is 20.5 Å². The van der Waals surface area contributed by atoms with Crippen molar-refractivity contribution in [1.82, 2.24) is 5.32 Å². The Bertz CT molecular complexity index is 516. The minimum atomic E-state index is 0.0566. The fourth-order valence-electron chi connectivity index (χ4n) is 1.99. The van der Waals surface area contributed by atoms with E-state index in [-0.39, 0.29) is 6.04 Å². The fourth-order valence-corrected chi connectivity index (χ4v) is 3.34. The molecular formula is C14H15Cl2NS. The van der Waals surface area contributed by atoms with Crippen molar-refractivity contribution in [2.24, 2.45) is 0 Å². The first-order valence-corrected chi connectivity index (χ1v) is 7.49. The van der Waals surface area contributed by atoms with Gasteiger partial charge in [0.05, 0.1) is 6.04 Å². The number of benzene rings is 1. The van der Waals surface area contributed by atoms with Gasteiger partial charge in [-0.15, -0.1) is 11.3 Å². The second-order valence-corrected chi connectivity index (χ2v) is 6.05. The minimum Gasteiger partial charge on any atom is -0.306 e. The Labute approximate surface area is 122 Å². The maximum absolute atomic E-state index is 6.30. The molecule has 1 nitrogen and oxygen atoms in total. The highest BCUT2D eigenvalue weighted by atomic mass is 35.5. The molecule has 18 heavy (non-hydrogen) atoms. The molecule has 1 unspecified atom stereocenters. The van der Waals surface area contributed by atoms with Crippen molar-refractivity contribution in [3.8, 4) is 0 Å². The molecular weight excluding hydrogens is 285 g/mol. The number of hydrogen-bond donors (Lipinski definition) is 1. The fraction of sp³-hybridized carbons (Fsp3) is 0.286. The van der Waals surface area contributed by atoms with Gasteiger partial charge in [0.15, 0.2) is 0 Å². The maximum Gasteiger partial charge on any atom is 0.0614 e. The summed E-state index contributed by atoms with van der Waals surface area (Å²) in [6.45, 7) is 5.05. The summed E-state index contributed by atoms with van der Waals surface area (Å²) >= 11 is 14.3. The van der Waals surface area contributed by atoms with Gasteiger partial charge < -0.3 is 5.32 Å². The van der Waals surface area contributed by atoms with Gasteiger partial charge in [-0.1, -0.05) is 36.2 Å². The van der Waals surface area contributed by atoms with E-state index in [1.54, 1.807) is 11.3 Å². The average Bonchev–Trinajstić information content (AvgIpc) is 2.74. The Balaban J connectivity index is 2.47. The molecule has 0 radical (unpaired) electrons. The van der Waals surface area contributed by atoms with Gasteiger partial charge >= 0.3 is 0 Å². The van der Waals surface area contributed by atoms with Crippen molar-refractivity contribution in [1.29, 1.82) is 0 Å². The molecule has 0 fully saturated rings. The second-order valence-electron chi connectivity index (χ2n) is 4.12. The van der Waals surface area contributed by atoms with Gasteiger partial charge in [-0.25, -0.2) is 0 Å². The molecule has 0 spiro atoms. The predicted molar refractivity (Wildman–Crippen MR) is 81.0 cm³/mol. The number of aryl methyl sites for hydroxylation is 1. The van der Waals surface area contributed by atoms with Crippen LogP contribution in [0.2, 0.25) is 10.0 Å². The molecule has 2 aromatic rings. The van der Waals surface area contributed by atoms with Crippen molar-refractivity contribution in [3.05, 3.63) is 55.7 Å². The summed E-state index contributed by atoms with van der Waals surface area (Å²) in [5.41, 5.74) is 2.18. The lowest BCUT2D eigenvalue weighted by Crippen LogP contribution is -2.22. The minimum absolute atomic E-state index is 0.0566. The third-order valence-electron chi connectivity index (χ3n) is 2.78. The highest BCUT2D eigenvalue weighted by Gasteiger charge is 2.19. The number of hydrogen-bond acceptors (Lipinski definition) is 2. The molecule has 1 heterocycles. The Hall–Kier alpha value is -0.540. The van der Waals surface area contributed by atoms with Crippen molar-refractivity contribution in [2.45, 2.75) is 19.9 Å². The quantitative estimate of drug-likeness (QED) is 0.832. The van der Waals surface area contributed by atoms with E-state index >= 15 is 0 Å². The van der Waals surface area contributed by atoms with E-state index in [1.807, 2.05) is 18.2 Å². The molecule has 1 aromatic heterocycles. The highest BCUT2D eigenvalue weighted by molar-refractivity contribution is 7.10. The molecule has 4 heteroatoms. The van der Waals surface area contributed by atoms with Crippen LogP contribution in [0.15, 0.2) is 29.6 Å². The Kier molecular flexibility index (Phi) is 4.68. The first kappa shape index (κ1) is 13.9. The van der Waals surface area contributed by atoms with Crippen LogP contribution in [0.3, 0.4) is 0 Å². The lowest BCUT2D eigenvalue weighted by molar-refractivity contribution is 0.632. The van der Waals surface area contributed by atoms with Gasteiger partial charge in [0.2, 0.25) is 0 Å². The summed E-state index contributed by atoms with van der Waals surface area (Å²) in [6.07, 6.45) is 0. The topological polar surface area (TPSA) is 12.0 Å². The molecule has 0 aliphatic carbocycles. The Morgan fingerprint density at radius 3 is 2.44 bits per heavy atom. The third-order valence-corrected chi connectivity index (χ3v) is 4.32. The number of rotatable bonds is 4. The summed E-state index contributed by atoms with van der Waals surface area (Å²) in [7, 11) is 0. The van der Waals surface area contributed by atoms with Crippen LogP contribution in [-0.2, 0) is 0 Å². The normalized spacial score (nSPS) is 12.7. The largest absolute Gasteiger partial charge is 0.306 e. The van der Waals surface area contributed by atoms with Crippen LogP contribution >= 0.6 is 34.5 Å². The number of nitrogens with one attached hydrogen (secondary N) is 1. The van der Waals surface area contributed by atoms with E-state index < -0.39 is 0 Å². The molecule has 0 saturated heterocycles. The zero-order valence-corrected chi connectivity index (χ0v) is 12.7. The van der Waals surface area contributed by atoms with Gasteiger partial charge in [0.25, 0.3) is 0 Å². The summed E-state index contributed by atoms with van der Waals surface area (Å²) in [5.74, 6) is 0. The SMILES string of the molecule is CCNC(c1csc(C)c1)c1c(Cl)cccc1Cl. The van der Waals surface area contributed by atoms with Gasteiger partial charge in [-0.05, 0) is 42.6 Å². The maximum atomic E-state index is 6.30. The molecule has 96 valence electrons. The molecule has 1 aromatic carbocycles. The molecule has 0 bridgehead atoms. The smallest absolute Gasteiger partial charge is 0.0614 e. The van der Waals surface area contributed by atoms with E-state index in [0.717, 1.165) is 12.1 Å². The van der Waals surface area contributed by atoms with E-state index in [4.69, 9.17) is 23.2 Å². The van der Waals surface area contributed by atoms with Crippen molar-refractivity contribution in [2.75, 3.05) is 6.54 Å². The van der Waals surface area contributed by atoms with Crippen LogP contribution in [0, 0.1) is 6.92 Å². The van der Waals surface area contributed by atoms with Crippen LogP contribution in [0.1, 0.15) is 29.0 Å². The predicted octanol–water partition coefficient (Wildman–Crippen LogP) is 5.06. The lowest BCUT2D eigenvalue weighted by atomic mass is 10.0. The van der Waals surface area contributed by atoms with E-state index in [0.29, 0.717) is 10.0 Å². The van der Waals surface area contributed by atoms with Gasteiger partial charge in [0.1, 0.15) is 0 Å². The van der Waals surface area contributed by atoms with Gasteiger partial charge in [-0.3, -0.25) is 0 Å². The highest BCUT2D eigenvalue weighted by Crippen LogP contribution is 2.35. The third kappa shape index (κ3) is 2.89. The van der Waals surface area contributed by atoms with Crippen LogP contribution in [-0.4, -0.2) is 6.54 Å². The molecule has 0 amide bonds. The van der Waals surface area contributed by atoms with Crippen LogP contribution in [0.4, 0.5) is 0 Å². The van der Waals surface area contributed by atoms with Crippen LogP contribution in [0.25, 0.3) is 0 Å². The molecule has 1 N–H and O–H groups in total. The first-order valence-electron chi connectivity index (χ1n) is 5.85. The van der Waals surface area contributed by atoms with Crippen LogP contribution < -0.4 is 5.32 Å². The zero-order valence-electron chi connectivity index (χ0n) is 10.3. The Morgan fingerprint density at radius 2 is 1.94 bits per heavy atom. The summed E-state index contributed by atoms with van der Waals surface area (Å²) < 4.78 is 0.